The molecule has 0 aromatic heterocycles. The Balaban J connectivity index is 1.83. The molecule has 2 rings (SSSR count). The number of likely N-dealkylation sites (tertiary alicyclic amines) is 1. The second-order valence-electron chi connectivity index (χ2n) is 5.08. The third-order valence-electron chi connectivity index (χ3n) is 3.73. The van der Waals surface area contributed by atoms with Crippen LogP contribution in [0.2, 0.25) is 0 Å². The van der Waals surface area contributed by atoms with Crippen molar-refractivity contribution >= 4 is 5.91 Å². The van der Waals surface area contributed by atoms with Gasteiger partial charge in [-0.15, -0.1) is 0 Å². The molecular formula is C15H22N2O. The summed E-state index contributed by atoms with van der Waals surface area (Å²) < 4.78 is 0. The molecule has 0 saturated carbocycles. The zero-order valence-corrected chi connectivity index (χ0v) is 11.2. The Kier molecular flexibility index (Phi) is 4.37. The third kappa shape index (κ3) is 3.33. The van der Waals surface area contributed by atoms with Crippen molar-refractivity contribution in [3.8, 4) is 0 Å². The summed E-state index contributed by atoms with van der Waals surface area (Å²) in [6.07, 6.45) is 2.10. The van der Waals surface area contributed by atoms with E-state index in [0.29, 0.717) is 12.1 Å². The monoisotopic (exact) mass is 246 g/mol. The van der Waals surface area contributed by atoms with Crippen LogP contribution in [0.3, 0.4) is 0 Å². The molecule has 1 aromatic carbocycles. The van der Waals surface area contributed by atoms with Crippen molar-refractivity contribution in [1.29, 1.82) is 0 Å². The highest BCUT2D eigenvalue weighted by atomic mass is 16.2. The van der Waals surface area contributed by atoms with E-state index in [4.69, 9.17) is 0 Å². The van der Waals surface area contributed by atoms with Crippen molar-refractivity contribution in [2.75, 3.05) is 13.1 Å². The van der Waals surface area contributed by atoms with E-state index in [1.807, 2.05) is 11.0 Å². The van der Waals surface area contributed by atoms with Gasteiger partial charge in [0.25, 0.3) is 0 Å². The van der Waals surface area contributed by atoms with Crippen molar-refractivity contribution in [2.45, 2.75) is 38.8 Å². The van der Waals surface area contributed by atoms with Crippen molar-refractivity contribution in [1.82, 2.24) is 10.2 Å². The Hall–Kier alpha value is -1.35. The van der Waals surface area contributed by atoms with Crippen LogP contribution in [0.5, 0.6) is 0 Å². The van der Waals surface area contributed by atoms with Gasteiger partial charge in [0.2, 0.25) is 5.91 Å². The van der Waals surface area contributed by atoms with E-state index in [2.05, 4.69) is 36.5 Å². The predicted octanol–water partition coefficient (Wildman–Crippen LogP) is 2.35. The van der Waals surface area contributed by atoms with Crippen LogP contribution in [-0.2, 0) is 4.79 Å². The highest BCUT2D eigenvalue weighted by Gasteiger charge is 2.21. The fourth-order valence-electron chi connectivity index (χ4n) is 2.55. The van der Waals surface area contributed by atoms with Gasteiger partial charge in [-0.25, -0.2) is 0 Å². The highest BCUT2D eigenvalue weighted by molar-refractivity contribution is 5.73. The topological polar surface area (TPSA) is 32.3 Å². The summed E-state index contributed by atoms with van der Waals surface area (Å²) >= 11 is 0. The average molecular weight is 246 g/mol. The van der Waals surface area contributed by atoms with Crippen molar-refractivity contribution < 1.29 is 4.79 Å². The second-order valence-corrected chi connectivity index (χ2v) is 5.08. The number of nitrogens with one attached hydrogen (secondary N) is 1. The lowest BCUT2D eigenvalue weighted by atomic mass is 10.0. The number of hydrogen-bond acceptors (Lipinski definition) is 2. The molecule has 1 aromatic rings. The van der Waals surface area contributed by atoms with Gasteiger partial charge < -0.3 is 10.2 Å². The molecule has 1 N–H and O–H groups in total. The van der Waals surface area contributed by atoms with E-state index < -0.39 is 0 Å². The van der Waals surface area contributed by atoms with E-state index in [0.717, 1.165) is 25.9 Å². The molecule has 1 aliphatic rings. The molecule has 1 aliphatic heterocycles. The van der Waals surface area contributed by atoms with Gasteiger partial charge in [0.15, 0.2) is 0 Å². The SMILES string of the molecule is CC(=O)N1CCC(N[C@@H](C)c2ccccc2)CC1. The summed E-state index contributed by atoms with van der Waals surface area (Å²) in [6.45, 7) is 5.62. The Labute approximate surface area is 109 Å². The zero-order chi connectivity index (χ0) is 13.0. The maximum absolute atomic E-state index is 11.3. The van der Waals surface area contributed by atoms with Gasteiger partial charge in [-0.3, -0.25) is 4.79 Å². The smallest absolute Gasteiger partial charge is 0.219 e. The van der Waals surface area contributed by atoms with Gasteiger partial charge in [0.05, 0.1) is 0 Å². The van der Waals surface area contributed by atoms with Crippen LogP contribution in [0.25, 0.3) is 0 Å². The van der Waals surface area contributed by atoms with Crippen LogP contribution in [-0.4, -0.2) is 29.9 Å². The molecule has 0 aliphatic carbocycles. The van der Waals surface area contributed by atoms with Crippen molar-refractivity contribution in [3.05, 3.63) is 35.9 Å². The Morgan fingerprint density at radius 1 is 1.28 bits per heavy atom. The number of amides is 1. The lowest BCUT2D eigenvalue weighted by Crippen LogP contribution is -2.44. The average Bonchev–Trinajstić information content (AvgIpc) is 2.40. The number of piperidine rings is 1. The van der Waals surface area contributed by atoms with E-state index >= 15 is 0 Å². The molecule has 3 nitrogen and oxygen atoms in total. The summed E-state index contributed by atoms with van der Waals surface area (Å²) in [5.74, 6) is 0.199. The fourth-order valence-corrected chi connectivity index (χ4v) is 2.55. The first kappa shape index (κ1) is 13.1. The number of hydrogen-bond donors (Lipinski definition) is 1. The molecule has 0 spiro atoms. The molecule has 0 bridgehead atoms. The summed E-state index contributed by atoms with van der Waals surface area (Å²) in [4.78, 5) is 13.2. The molecule has 3 heteroatoms. The molecule has 1 atom stereocenters. The number of nitrogens with zero attached hydrogens (tertiary/aromatic N) is 1. The summed E-state index contributed by atoms with van der Waals surface area (Å²) in [5.41, 5.74) is 1.33. The quantitative estimate of drug-likeness (QED) is 0.888. The van der Waals surface area contributed by atoms with Crippen LogP contribution in [0.15, 0.2) is 30.3 Å². The molecular weight excluding hydrogens is 224 g/mol. The van der Waals surface area contributed by atoms with Gasteiger partial charge in [0.1, 0.15) is 0 Å². The normalized spacial score (nSPS) is 18.7. The minimum atomic E-state index is 0.199. The van der Waals surface area contributed by atoms with Gasteiger partial charge in [-0.2, -0.15) is 0 Å². The fraction of sp³-hybridized carbons (Fsp3) is 0.533. The number of carbonyl (C=O) groups excluding carboxylic acids is 1. The van der Waals surface area contributed by atoms with E-state index in [-0.39, 0.29) is 5.91 Å². The summed E-state index contributed by atoms with van der Waals surface area (Å²) in [5, 5.41) is 3.66. The van der Waals surface area contributed by atoms with E-state index in [9.17, 15) is 4.79 Å². The first-order valence-electron chi connectivity index (χ1n) is 6.73. The molecule has 1 saturated heterocycles. The summed E-state index contributed by atoms with van der Waals surface area (Å²) in [7, 11) is 0. The Morgan fingerprint density at radius 2 is 1.89 bits per heavy atom. The van der Waals surface area contributed by atoms with Crippen LogP contribution in [0.4, 0.5) is 0 Å². The molecule has 1 amide bonds. The number of carbonyl (C=O) groups is 1. The third-order valence-corrected chi connectivity index (χ3v) is 3.73. The number of benzene rings is 1. The molecule has 1 heterocycles. The summed E-state index contributed by atoms with van der Waals surface area (Å²) in [6, 6.07) is 11.4. The lowest BCUT2D eigenvalue weighted by Gasteiger charge is -2.33. The highest BCUT2D eigenvalue weighted by Crippen LogP contribution is 2.17. The zero-order valence-electron chi connectivity index (χ0n) is 11.2. The van der Waals surface area contributed by atoms with Crippen molar-refractivity contribution in [2.24, 2.45) is 0 Å². The minimum absolute atomic E-state index is 0.199. The predicted molar refractivity (Wildman–Crippen MR) is 73.3 cm³/mol. The maximum Gasteiger partial charge on any atom is 0.219 e. The Morgan fingerprint density at radius 3 is 2.44 bits per heavy atom. The van der Waals surface area contributed by atoms with Crippen LogP contribution in [0.1, 0.15) is 38.3 Å². The van der Waals surface area contributed by atoms with Crippen LogP contribution < -0.4 is 5.32 Å². The van der Waals surface area contributed by atoms with E-state index in [1.54, 1.807) is 6.92 Å². The largest absolute Gasteiger partial charge is 0.343 e. The standard InChI is InChI=1S/C15H22N2O/c1-12(14-6-4-3-5-7-14)16-15-8-10-17(11-9-15)13(2)18/h3-7,12,15-16H,8-11H2,1-2H3/t12-/m0/s1. The van der Waals surface area contributed by atoms with E-state index in [1.165, 1.54) is 5.56 Å². The first-order valence-corrected chi connectivity index (χ1v) is 6.73. The van der Waals surface area contributed by atoms with Gasteiger partial charge >= 0.3 is 0 Å². The van der Waals surface area contributed by atoms with Crippen LogP contribution in [0, 0.1) is 0 Å². The van der Waals surface area contributed by atoms with Gasteiger partial charge in [-0.05, 0) is 25.3 Å². The lowest BCUT2D eigenvalue weighted by molar-refractivity contribution is -0.129. The minimum Gasteiger partial charge on any atom is -0.343 e. The number of rotatable bonds is 3. The second kappa shape index (κ2) is 6.01. The molecule has 0 radical (unpaired) electrons. The molecule has 18 heavy (non-hydrogen) atoms. The first-order chi connectivity index (χ1) is 8.66. The van der Waals surface area contributed by atoms with Gasteiger partial charge in [0, 0.05) is 32.1 Å². The van der Waals surface area contributed by atoms with Crippen LogP contribution >= 0.6 is 0 Å². The molecule has 98 valence electrons. The van der Waals surface area contributed by atoms with Gasteiger partial charge in [-0.1, -0.05) is 30.3 Å². The molecule has 0 unspecified atom stereocenters. The maximum atomic E-state index is 11.3. The van der Waals surface area contributed by atoms with Crippen molar-refractivity contribution in [3.63, 3.8) is 0 Å². The Bertz CT molecular complexity index is 383. The molecule has 1 fully saturated rings.